The number of aliphatic hydroxyl groups is 1. The normalized spacial score (nSPS) is 11.7. The van der Waals surface area contributed by atoms with Gasteiger partial charge in [0, 0.05) is 6.42 Å². The van der Waals surface area contributed by atoms with Crippen molar-refractivity contribution in [2.75, 3.05) is 13.2 Å². The van der Waals surface area contributed by atoms with Crippen molar-refractivity contribution in [3.8, 4) is 0 Å². The minimum absolute atomic E-state index is 0.0587. The van der Waals surface area contributed by atoms with Crippen molar-refractivity contribution >= 4 is 11.9 Å². The zero-order valence-corrected chi connectivity index (χ0v) is 11.7. The fourth-order valence-corrected chi connectivity index (χ4v) is 1.81. The lowest BCUT2D eigenvalue weighted by Crippen LogP contribution is -2.39. The molecule has 0 aliphatic rings. The topological polar surface area (TPSA) is 75.6 Å². The first-order chi connectivity index (χ1) is 9.65. The zero-order valence-electron chi connectivity index (χ0n) is 11.7. The summed E-state index contributed by atoms with van der Waals surface area (Å²) in [6.07, 6.45) is 0.690. The first kappa shape index (κ1) is 16.2. The molecule has 1 rings (SSSR count). The summed E-state index contributed by atoms with van der Waals surface area (Å²) in [7, 11) is 0. The van der Waals surface area contributed by atoms with Gasteiger partial charge in [0.2, 0.25) is 5.91 Å². The number of esters is 1. The molecule has 0 aliphatic carbocycles. The van der Waals surface area contributed by atoms with Gasteiger partial charge in [-0.2, -0.15) is 0 Å². The molecule has 20 heavy (non-hydrogen) atoms. The summed E-state index contributed by atoms with van der Waals surface area (Å²) >= 11 is 0. The highest BCUT2D eigenvalue weighted by molar-refractivity contribution is 5.81. The minimum atomic E-state index is -0.383. The number of hydrogen-bond acceptors (Lipinski definition) is 4. The minimum Gasteiger partial charge on any atom is -0.466 e. The van der Waals surface area contributed by atoms with Crippen LogP contribution in [0, 0.1) is 0 Å². The van der Waals surface area contributed by atoms with Crippen LogP contribution in [0.2, 0.25) is 0 Å². The van der Waals surface area contributed by atoms with Gasteiger partial charge < -0.3 is 15.2 Å². The van der Waals surface area contributed by atoms with Crippen LogP contribution in [0.25, 0.3) is 0 Å². The molecule has 0 fully saturated rings. The highest BCUT2D eigenvalue weighted by Gasteiger charge is 2.13. The molecule has 1 aromatic rings. The second kappa shape index (κ2) is 9.09. The van der Waals surface area contributed by atoms with E-state index >= 15 is 0 Å². The fraction of sp³-hybridized carbons (Fsp3) is 0.467. The number of carbonyl (C=O) groups excluding carboxylic acids is 2. The number of nitrogens with one attached hydrogen (secondary N) is 1. The molecule has 0 bridgehead atoms. The third kappa shape index (κ3) is 6.33. The Balaban J connectivity index is 2.36. The summed E-state index contributed by atoms with van der Waals surface area (Å²) in [5, 5.41) is 12.0. The van der Waals surface area contributed by atoms with Crippen molar-refractivity contribution in [3.63, 3.8) is 0 Å². The molecule has 0 saturated carbocycles. The lowest BCUT2D eigenvalue weighted by Gasteiger charge is -2.16. The Hall–Kier alpha value is -1.88. The Morgan fingerprint density at radius 3 is 2.55 bits per heavy atom. The molecular formula is C15H21NO4. The average Bonchev–Trinajstić information content (AvgIpc) is 2.46. The number of carbonyl (C=O) groups is 2. The lowest BCUT2D eigenvalue weighted by atomic mass is 10.1. The molecule has 1 unspecified atom stereocenters. The molecule has 0 saturated heterocycles. The SMILES string of the molecule is CCOC(=O)CCC(=O)NC(CO)Cc1ccccc1. The van der Waals surface area contributed by atoms with E-state index in [2.05, 4.69) is 5.32 Å². The Morgan fingerprint density at radius 1 is 1.25 bits per heavy atom. The monoisotopic (exact) mass is 279 g/mol. The summed E-state index contributed by atoms with van der Waals surface area (Å²) in [5.41, 5.74) is 1.04. The molecule has 2 N–H and O–H groups in total. The molecule has 0 aromatic heterocycles. The maximum Gasteiger partial charge on any atom is 0.306 e. The van der Waals surface area contributed by atoms with E-state index in [1.54, 1.807) is 6.92 Å². The second-order valence-corrected chi connectivity index (χ2v) is 4.44. The highest BCUT2D eigenvalue weighted by atomic mass is 16.5. The number of benzene rings is 1. The molecule has 5 nitrogen and oxygen atoms in total. The number of amides is 1. The highest BCUT2D eigenvalue weighted by Crippen LogP contribution is 2.03. The molecule has 0 radical (unpaired) electrons. The van der Waals surface area contributed by atoms with Gasteiger partial charge in [-0.3, -0.25) is 9.59 Å². The van der Waals surface area contributed by atoms with E-state index in [9.17, 15) is 14.7 Å². The van der Waals surface area contributed by atoms with Crippen LogP contribution in [0.15, 0.2) is 30.3 Å². The first-order valence-corrected chi connectivity index (χ1v) is 6.75. The van der Waals surface area contributed by atoms with E-state index in [1.807, 2.05) is 30.3 Å². The quantitative estimate of drug-likeness (QED) is 0.697. The van der Waals surface area contributed by atoms with Crippen LogP contribution in [-0.2, 0) is 20.7 Å². The van der Waals surface area contributed by atoms with Gasteiger partial charge in [0.05, 0.1) is 25.7 Å². The Kier molecular flexibility index (Phi) is 7.35. The molecule has 5 heteroatoms. The van der Waals surface area contributed by atoms with Crippen molar-refractivity contribution < 1.29 is 19.4 Å². The van der Waals surface area contributed by atoms with Crippen LogP contribution >= 0.6 is 0 Å². The van der Waals surface area contributed by atoms with E-state index < -0.39 is 0 Å². The summed E-state index contributed by atoms with van der Waals surface area (Å²) < 4.78 is 4.75. The van der Waals surface area contributed by atoms with E-state index in [0.29, 0.717) is 13.0 Å². The summed E-state index contributed by atoms with van der Waals surface area (Å²) in [5.74, 6) is -0.640. The van der Waals surface area contributed by atoms with Gasteiger partial charge in [0.15, 0.2) is 0 Å². The van der Waals surface area contributed by atoms with Gasteiger partial charge in [-0.25, -0.2) is 0 Å². The third-order valence-corrected chi connectivity index (χ3v) is 2.77. The predicted molar refractivity (Wildman–Crippen MR) is 75.0 cm³/mol. The van der Waals surface area contributed by atoms with Crippen LogP contribution in [0.3, 0.4) is 0 Å². The molecule has 110 valence electrons. The van der Waals surface area contributed by atoms with Crippen molar-refractivity contribution in [1.82, 2.24) is 5.32 Å². The molecule has 0 aliphatic heterocycles. The second-order valence-electron chi connectivity index (χ2n) is 4.44. The van der Waals surface area contributed by atoms with Gasteiger partial charge in [-0.1, -0.05) is 30.3 Å². The van der Waals surface area contributed by atoms with Gasteiger partial charge in [-0.15, -0.1) is 0 Å². The number of aliphatic hydroxyl groups excluding tert-OH is 1. The smallest absolute Gasteiger partial charge is 0.306 e. The van der Waals surface area contributed by atoms with Crippen LogP contribution in [0.1, 0.15) is 25.3 Å². The number of rotatable bonds is 8. The van der Waals surface area contributed by atoms with Crippen molar-refractivity contribution in [3.05, 3.63) is 35.9 Å². The van der Waals surface area contributed by atoms with Crippen LogP contribution < -0.4 is 5.32 Å². The lowest BCUT2D eigenvalue weighted by molar-refractivity contribution is -0.144. The molecular weight excluding hydrogens is 258 g/mol. The molecule has 1 atom stereocenters. The fourth-order valence-electron chi connectivity index (χ4n) is 1.81. The van der Waals surface area contributed by atoms with E-state index in [1.165, 1.54) is 0 Å². The van der Waals surface area contributed by atoms with Crippen LogP contribution in [0.5, 0.6) is 0 Å². The Bertz CT molecular complexity index is 419. The Labute approximate surface area is 118 Å². The van der Waals surface area contributed by atoms with Gasteiger partial charge >= 0.3 is 5.97 Å². The van der Waals surface area contributed by atoms with E-state index in [-0.39, 0.29) is 37.4 Å². The van der Waals surface area contributed by atoms with Crippen LogP contribution in [0.4, 0.5) is 0 Å². The third-order valence-electron chi connectivity index (χ3n) is 2.77. The van der Waals surface area contributed by atoms with Crippen molar-refractivity contribution in [2.24, 2.45) is 0 Å². The van der Waals surface area contributed by atoms with Gasteiger partial charge in [0.1, 0.15) is 0 Å². The Morgan fingerprint density at radius 2 is 1.95 bits per heavy atom. The average molecular weight is 279 g/mol. The van der Waals surface area contributed by atoms with E-state index in [4.69, 9.17) is 4.74 Å². The zero-order chi connectivity index (χ0) is 14.8. The molecule has 1 aromatic carbocycles. The molecule has 1 amide bonds. The molecule has 0 spiro atoms. The number of hydrogen-bond donors (Lipinski definition) is 2. The molecule has 0 heterocycles. The van der Waals surface area contributed by atoms with Crippen LogP contribution in [-0.4, -0.2) is 36.2 Å². The largest absolute Gasteiger partial charge is 0.466 e. The summed E-state index contributed by atoms with van der Waals surface area (Å²) in [4.78, 5) is 22.8. The summed E-state index contributed by atoms with van der Waals surface area (Å²) in [6.45, 7) is 1.90. The van der Waals surface area contributed by atoms with Crippen molar-refractivity contribution in [1.29, 1.82) is 0 Å². The summed E-state index contributed by atoms with van der Waals surface area (Å²) in [6, 6.07) is 9.27. The van der Waals surface area contributed by atoms with E-state index in [0.717, 1.165) is 5.56 Å². The first-order valence-electron chi connectivity index (χ1n) is 6.75. The maximum absolute atomic E-state index is 11.7. The standard InChI is InChI=1S/C15H21NO4/c1-2-20-15(19)9-8-14(18)16-13(11-17)10-12-6-4-3-5-7-12/h3-7,13,17H,2,8-11H2,1H3,(H,16,18). The number of ether oxygens (including phenoxy) is 1. The maximum atomic E-state index is 11.7. The predicted octanol–water partition coefficient (Wildman–Crippen LogP) is 1.05. The van der Waals surface area contributed by atoms with Gasteiger partial charge in [0.25, 0.3) is 0 Å². The van der Waals surface area contributed by atoms with Gasteiger partial charge in [-0.05, 0) is 18.9 Å². The van der Waals surface area contributed by atoms with Crippen molar-refractivity contribution in [2.45, 2.75) is 32.2 Å².